The molecule has 0 N–H and O–H groups in total. The van der Waals surface area contributed by atoms with E-state index in [0.29, 0.717) is 0 Å². The minimum absolute atomic E-state index is 1.01. The molecule has 0 unspecified atom stereocenters. The van der Waals surface area contributed by atoms with E-state index in [1.165, 1.54) is 19.3 Å². The van der Waals surface area contributed by atoms with Crippen molar-refractivity contribution in [3.05, 3.63) is 0 Å². The summed E-state index contributed by atoms with van der Waals surface area (Å²) in [4.78, 5) is 8.33. The van der Waals surface area contributed by atoms with Crippen molar-refractivity contribution in [2.75, 3.05) is 0 Å². The van der Waals surface area contributed by atoms with Crippen molar-refractivity contribution in [1.82, 2.24) is 0 Å². The molecule has 0 saturated heterocycles. The average Bonchev–Trinajstić information content (AvgIpc) is 2.03. The van der Waals surface area contributed by atoms with E-state index in [2.05, 4.69) is 25.7 Å². The third-order valence-corrected chi connectivity index (χ3v) is 1.21. The molecule has 0 bridgehead atoms. The second kappa shape index (κ2) is 13.4. The molecule has 0 atom stereocenters. The first-order chi connectivity index (χ1) is 6.15. The van der Waals surface area contributed by atoms with Gasteiger partial charge in [-0.2, -0.15) is 0 Å². The maximum absolute atomic E-state index is 8.33. The Labute approximate surface area is 79.8 Å². The van der Waals surface area contributed by atoms with E-state index in [9.17, 15) is 0 Å². The van der Waals surface area contributed by atoms with Crippen molar-refractivity contribution in [3.8, 4) is 11.8 Å². The summed E-state index contributed by atoms with van der Waals surface area (Å²) in [6.45, 7) is 4.31. The van der Waals surface area contributed by atoms with Crippen LogP contribution in [0.2, 0.25) is 0 Å². The summed E-state index contributed by atoms with van der Waals surface area (Å²) < 4.78 is 0. The molecule has 13 heavy (non-hydrogen) atoms. The Morgan fingerprint density at radius 2 is 1.69 bits per heavy atom. The quantitative estimate of drug-likeness (QED) is 0.475. The molecular formula is C10H16O3-2. The second-order valence-electron chi connectivity index (χ2n) is 2.41. The largest absolute Gasteiger partial charge is 0.652 e. The SMILES string of the molecule is CCC#CCCCCC.O=C([O-])[O-]. The Bertz CT molecular complexity index is 161. The van der Waals surface area contributed by atoms with E-state index in [-0.39, 0.29) is 0 Å². The van der Waals surface area contributed by atoms with Crippen LogP contribution in [0, 0.1) is 11.8 Å². The minimum Gasteiger partial charge on any atom is -0.652 e. The Morgan fingerprint density at radius 3 is 2.08 bits per heavy atom. The zero-order valence-electron chi connectivity index (χ0n) is 8.26. The Balaban J connectivity index is 0. The molecule has 3 heteroatoms. The van der Waals surface area contributed by atoms with Crippen LogP contribution in [0.4, 0.5) is 4.79 Å². The van der Waals surface area contributed by atoms with Crippen molar-refractivity contribution in [1.29, 1.82) is 0 Å². The summed E-state index contributed by atoms with van der Waals surface area (Å²) in [6, 6.07) is 0. The first-order valence-electron chi connectivity index (χ1n) is 4.48. The Hall–Kier alpha value is -1.17. The van der Waals surface area contributed by atoms with Gasteiger partial charge in [-0.1, -0.05) is 26.7 Å². The van der Waals surface area contributed by atoms with Crippen LogP contribution in [0.5, 0.6) is 0 Å². The van der Waals surface area contributed by atoms with Gasteiger partial charge in [-0.05, 0) is 12.6 Å². The van der Waals surface area contributed by atoms with E-state index < -0.39 is 6.16 Å². The lowest BCUT2D eigenvalue weighted by atomic mass is 10.2. The number of carbonyl (C=O) groups is 1. The number of unbranched alkanes of at least 4 members (excludes halogenated alkanes) is 3. The van der Waals surface area contributed by atoms with Gasteiger partial charge in [0.2, 0.25) is 0 Å². The number of hydrogen-bond donors (Lipinski definition) is 0. The lowest BCUT2D eigenvalue weighted by Crippen LogP contribution is -2.37. The third kappa shape index (κ3) is 36.2. The maximum Gasteiger partial charge on any atom is 0.00886 e. The fourth-order valence-corrected chi connectivity index (χ4v) is 0.677. The van der Waals surface area contributed by atoms with Crippen LogP contribution in [0.1, 0.15) is 46.0 Å². The summed E-state index contributed by atoms with van der Waals surface area (Å²) in [5.74, 6) is 6.18. The van der Waals surface area contributed by atoms with Crippen molar-refractivity contribution in [3.63, 3.8) is 0 Å². The average molecular weight is 184 g/mol. The zero-order chi connectivity index (χ0) is 10.5. The molecule has 0 fully saturated rings. The van der Waals surface area contributed by atoms with E-state index in [0.717, 1.165) is 12.8 Å². The number of hydrogen-bond acceptors (Lipinski definition) is 3. The molecule has 0 aliphatic heterocycles. The lowest BCUT2D eigenvalue weighted by Gasteiger charge is -1.96. The van der Waals surface area contributed by atoms with Gasteiger partial charge in [0.05, 0.1) is 0 Å². The summed E-state index contributed by atoms with van der Waals surface area (Å²) in [5.41, 5.74) is 0. The molecule has 0 spiro atoms. The molecule has 0 amide bonds. The van der Waals surface area contributed by atoms with Crippen molar-refractivity contribution in [2.45, 2.75) is 46.0 Å². The second-order valence-corrected chi connectivity index (χ2v) is 2.41. The summed E-state index contributed by atoms with van der Waals surface area (Å²) in [6.07, 6.45) is 3.68. The van der Waals surface area contributed by atoms with Gasteiger partial charge in [-0.25, -0.2) is 0 Å². The first-order valence-corrected chi connectivity index (χ1v) is 4.48. The van der Waals surface area contributed by atoms with Crippen molar-refractivity contribution >= 4 is 6.16 Å². The molecule has 0 saturated carbocycles. The van der Waals surface area contributed by atoms with Crippen molar-refractivity contribution < 1.29 is 15.0 Å². The predicted molar refractivity (Wildman–Crippen MR) is 47.6 cm³/mol. The fraction of sp³-hybridized carbons (Fsp3) is 0.700. The molecule has 0 aromatic rings. The molecule has 0 aliphatic carbocycles. The van der Waals surface area contributed by atoms with Crippen LogP contribution < -0.4 is 10.2 Å². The van der Waals surface area contributed by atoms with Gasteiger partial charge in [-0.3, -0.25) is 0 Å². The highest BCUT2D eigenvalue weighted by Gasteiger charge is 1.78. The molecule has 0 aliphatic rings. The summed E-state index contributed by atoms with van der Waals surface area (Å²) >= 11 is 0. The molecule has 0 rings (SSSR count). The van der Waals surface area contributed by atoms with Crippen LogP contribution in [0.15, 0.2) is 0 Å². The van der Waals surface area contributed by atoms with Gasteiger partial charge < -0.3 is 15.0 Å². The van der Waals surface area contributed by atoms with Crippen LogP contribution in [0.3, 0.4) is 0 Å². The van der Waals surface area contributed by atoms with Crippen molar-refractivity contribution in [2.24, 2.45) is 0 Å². The predicted octanol–water partition coefficient (Wildman–Crippen LogP) is 0.533. The minimum atomic E-state index is -2.33. The van der Waals surface area contributed by atoms with Gasteiger partial charge in [0.25, 0.3) is 0 Å². The zero-order valence-corrected chi connectivity index (χ0v) is 8.26. The normalized spacial score (nSPS) is 7.54. The lowest BCUT2D eigenvalue weighted by molar-refractivity contribution is -0.415. The standard InChI is InChI=1S/C9H16.CH2O3/c1-3-5-7-9-8-6-4-2;2-1(3)4/h3-5,7,9H2,1-2H3;(H2,2,3,4)/p-2. The molecule has 3 nitrogen and oxygen atoms in total. The summed E-state index contributed by atoms with van der Waals surface area (Å²) in [5, 5.41) is 16.7. The van der Waals surface area contributed by atoms with E-state index in [1.807, 2.05) is 0 Å². The summed E-state index contributed by atoms with van der Waals surface area (Å²) in [7, 11) is 0. The molecule has 0 heterocycles. The fourth-order valence-electron chi connectivity index (χ4n) is 0.677. The molecule has 76 valence electrons. The maximum atomic E-state index is 8.33. The van der Waals surface area contributed by atoms with E-state index in [4.69, 9.17) is 15.0 Å². The first kappa shape index (κ1) is 14.4. The third-order valence-electron chi connectivity index (χ3n) is 1.21. The van der Waals surface area contributed by atoms with Gasteiger partial charge in [-0.15, -0.1) is 11.8 Å². The highest BCUT2D eigenvalue weighted by molar-refractivity contribution is 5.47. The molecular weight excluding hydrogens is 168 g/mol. The van der Waals surface area contributed by atoms with E-state index in [1.54, 1.807) is 0 Å². The topological polar surface area (TPSA) is 63.2 Å². The van der Waals surface area contributed by atoms with Crippen LogP contribution in [-0.2, 0) is 0 Å². The van der Waals surface area contributed by atoms with E-state index >= 15 is 0 Å². The van der Waals surface area contributed by atoms with Crippen LogP contribution >= 0.6 is 0 Å². The van der Waals surface area contributed by atoms with Crippen LogP contribution in [0.25, 0.3) is 0 Å². The highest BCUT2D eigenvalue weighted by atomic mass is 16.6. The highest BCUT2D eigenvalue weighted by Crippen LogP contribution is 1.96. The Kier molecular flexibility index (Phi) is 14.8. The van der Waals surface area contributed by atoms with Gasteiger partial charge in [0.15, 0.2) is 0 Å². The Morgan fingerprint density at radius 1 is 1.15 bits per heavy atom. The van der Waals surface area contributed by atoms with Gasteiger partial charge in [0.1, 0.15) is 0 Å². The molecule has 0 radical (unpaired) electrons. The number of carbonyl (C=O) groups excluding carboxylic acids is 1. The molecule has 0 aromatic heterocycles. The van der Waals surface area contributed by atoms with Gasteiger partial charge in [0, 0.05) is 12.8 Å². The van der Waals surface area contributed by atoms with Gasteiger partial charge >= 0.3 is 0 Å². The smallest absolute Gasteiger partial charge is 0.00886 e. The molecule has 0 aromatic carbocycles. The van der Waals surface area contributed by atoms with Crippen LogP contribution in [-0.4, -0.2) is 6.16 Å². The monoisotopic (exact) mass is 184 g/mol. The number of carboxylic acid groups (broad SMARTS) is 2. The number of rotatable bonds is 3.